The molecule has 2 aromatic carbocycles. The second kappa shape index (κ2) is 9.01. The van der Waals surface area contributed by atoms with E-state index in [9.17, 15) is 14.4 Å². The maximum Gasteiger partial charge on any atom is 0.251 e. The van der Waals surface area contributed by atoms with E-state index in [1.807, 2.05) is 25.1 Å². The minimum absolute atomic E-state index is 0.0341. The van der Waals surface area contributed by atoms with Gasteiger partial charge in [0.1, 0.15) is 0 Å². The monoisotopic (exact) mass is 443 g/mol. The van der Waals surface area contributed by atoms with Crippen molar-refractivity contribution in [3.8, 4) is 0 Å². The molecule has 146 valence electrons. The van der Waals surface area contributed by atoms with Crippen LogP contribution in [0.1, 0.15) is 47.3 Å². The summed E-state index contributed by atoms with van der Waals surface area (Å²) in [5, 5.41) is 8.55. The minimum Gasteiger partial charge on any atom is -0.352 e. The molecule has 0 saturated carbocycles. The Kier molecular flexibility index (Phi) is 6.46. The number of benzene rings is 2. The van der Waals surface area contributed by atoms with Gasteiger partial charge in [0.2, 0.25) is 11.8 Å². The number of hydrogen-bond donors (Lipinski definition) is 3. The molecule has 3 rings (SSSR count). The fourth-order valence-corrected chi connectivity index (χ4v) is 3.33. The Morgan fingerprint density at radius 2 is 1.89 bits per heavy atom. The van der Waals surface area contributed by atoms with Crippen LogP contribution < -0.4 is 16.0 Å². The van der Waals surface area contributed by atoms with Crippen molar-refractivity contribution in [2.24, 2.45) is 0 Å². The highest BCUT2D eigenvalue weighted by atomic mass is 79.9. The summed E-state index contributed by atoms with van der Waals surface area (Å²) in [5.41, 5.74) is 3.47. The Bertz CT molecular complexity index is 896. The topological polar surface area (TPSA) is 87.3 Å². The van der Waals surface area contributed by atoms with Gasteiger partial charge in [-0.3, -0.25) is 14.4 Å². The molecule has 0 saturated heterocycles. The van der Waals surface area contributed by atoms with Crippen molar-refractivity contribution in [1.29, 1.82) is 0 Å². The van der Waals surface area contributed by atoms with E-state index in [0.29, 0.717) is 18.4 Å². The fourth-order valence-electron chi connectivity index (χ4n) is 3.06. The molecular weight excluding hydrogens is 422 g/mol. The van der Waals surface area contributed by atoms with Crippen molar-refractivity contribution < 1.29 is 14.4 Å². The Hall–Kier alpha value is -2.67. The number of aryl methyl sites for hydroxylation is 1. The van der Waals surface area contributed by atoms with Crippen LogP contribution in [-0.2, 0) is 16.0 Å². The fraction of sp³-hybridized carbons (Fsp3) is 0.286. The van der Waals surface area contributed by atoms with Crippen LogP contribution >= 0.6 is 15.9 Å². The van der Waals surface area contributed by atoms with Gasteiger partial charge in [-0.1, -0.05) is 28.1 Å². The van der Waals surface area contributed by atoms with Crippen molar-refractivity contribution in [3.63, 3.8) is 0 Å². The lowest BCUT2D eigenvalue weighted by Gasteiger charge is -2.20. The number of halogens is 1. The van der Waals surface area contributed by atoms with Gasteiger partial charge in [0, 0.05) is 35.1 Å². The summed E-state index contributed by atoms with van der Waals surface area (Å²) in [6.45, 7) is 2.19. The van der Waals surface area contributed by atoms with Crippen LogP contribution in [0.2, 0.25) is 0 Å². The summed E-state index contributed by atoms with van der Waals surface area (Å²) < 4.78 is 0.905. The highest BCUT2D eigenvalue weighted by Crippen LogP contribution is 2.26. The summed E-state index contributed by atoms with van der Waals surface area (Å²) in [4.78, 5) is 35.7. The Labute approximate surface area is 172 Å². The lowest BCUT2D eigenvalue weighted by Crippen LogP contribution is -2.32. The lowest BCUT2D eigenvalue weighted by molar-refractivity contribution is -0.121. The zero-order valence-corrected chi connectivity index (χ0v) is 17.1. The average Bonchev–Trinajstić information content (AvgIpc) is 2.67. The molecule has 1 aliphatic heterocycles. The van der Waals surface area contributed by atoms with Crippen LogP contribution in [0.15, 0.2) is 46.9 Å². The van der Waals surface area contributed by atoms with E-state index in [0.717, 1.165) is 21.3 Å². The first-order chi connectivity index (χ1) is 13.4. The van der Waals surface area contributed by atoms with E-state index in [1.54, 1.807) is 24.3 Å². The number of amides is 3. The van der Waals surface area contributed by atoms with E-state index in [4.69, 9.17) is 0 Å². The van der Waals surface area contributed by atoms with Crippen LogP contribution in [0.5, 0.6) is 0 Å². The van der Waals surface area contributed by atoms with Crippen LogP contribution in [0.25, 0.3) is 0 Å². The molecule has 0 aromatic heterocycles. The van der Waals surface area contributed by atoms with Gasteiger partial charge < -0.3 is 16.0 Å². The Morgan fingerprint density at radius 1 is 1.14 bits per heavy atom. The van der Waals surface area contributed by atoms with Crippen molar-refractivity contribution in [1.82, 2.24) is 10.6 Å². The molecule has 0 spiro atoms. The SMILES string of the molecule is CC(NC(=O)CCNC(=O)c1ccc(Br)cc1)c1ccc2c(c1)CCC(=O)N2. The molecule has 3 N–H and O–H groups in total. The van der Waals surface area contributed by atoms with Crippen molar-refractivity contribution >= 4 is 39.3 Å². The minimum atomic E-state index is -0.204. The largest absolute Gasteiger partial charge is 0.352 e. The highest BCUT2D eigenvalue weighted by Gasteiger charge is 2.17. The van der Waals surface area contributed by atoms with Crippen molar-refractivity contribution in [2.45, 2.75) is 32.2 Å². The molecule has 2 aromatic rings. The van der Waals surface area contributed by atoms with Gasteiger partial charge in [-0.15, -0.1) is 0 Å². The number of carbonyl (C=O) groups is 3. The number of anilines is 1. The molecule has 0 aliphatic carbocycles. The van der Waals surface area contributed by atoms with E-state index < -0.39 is 0 Å². The molecule has 1 unspecified atom stereocenters. The molecule has 0 fully saturated rings. The first-order valence-electron chi connectivity index (χ1n) is 9.18. The first-order valence-corrected chi connectivity index (χ1v) is 9.97. The molecule has 1 atom stereocenters. The zero-order chi connectivity index (χ0) is 20.1. The molecule has 1 heterocycles. The molecule has 6 nitrogen and oxygen atoms in total. The molecule has 28 heavy (non-hydrogen) atoms. The van der Waals surface area contributed by atoms with Crippen LogP contribution in [0.3, 0.4) is 0 Å². The molecule has 0 radical (unpaired) electrons. The third-order valence-electron chi connectivity index (χ3n) is 4.65. The van der Waals surface area contributed by atoms with Crippen molar-refractivity contribution in [2.75, 3.05) is 11.9 Å². The van der Waals surface area contributed by atoms with Gasteiger partial charge in [0.15, 0.2) is 0 Å². The normalized spacial score (nSPS) is 13.9. The zero-order valence-electron chi connectivity index (χ0n) is 15.5. The molecule has 3 amide bonds. The first kappa shape index (κ1) is 20.1. The molecular formula is C21H22BrN3O3. The van der Waals surface area contributed by atoms with Gasteiger partial charge in [-0.05, 0) is 54.8 Å². The Morgan fingerprint density at radius 3 is 2.64 bits per heavy atom. The van der Waals surface area contributed by atoms with E-state index in [-0.39, 0.29) is 36.7 Å². The summed E-state index contributed by atoms with van der Waals surface area (Å²) in [6.07, 6.45) is 1.39. The second-order valence-corrected chi connectivity index (χ2v) is 7.68. The van der Waals surface area contributed by atoms with E-state index >= 15 is 0 Å². The van der Waals surface area contributed by atoms with Gasteiger partial charge in [-0.25, -0.2) is 0 Å². The van der Waals surface area contributed by atoms with Crippen LogP contribution in [0, 0.1) is 0 Å². The van der Waals surface area contributed by atoms with Gasteiger partial charge in [0.05, 0.1) is 6.04 Å². The van der Waals surface area contributed by atoms with Gasteiger partial charge in [0.25, 0.3) is 5.91 Å². The van der Waals surface area contributed by atoms with E-state index in [1.165, 1.54) is 0 Å². The van der Waals surface area contributed by atoms with Crippen LogP contribution in [-0.4, -0.2) is 24.3 Å². The van der Waals surface area contributed by atoms with Crippen molar-refractivity contribution in [3.05, 3.63) is 63.6 Å². The number of rotatable bonds is 6. The third kappa shape index (κ3) is 5.19. The standard InChI is InChI=1S/C21H22BrN3O3/c1-13(15-4-8-18-16(12-15)5-9-19(26)25-18)24-20(27)10-11-23-21(28)14-2-6-17(22)7-3-14/h2-4,6-8,12-13H,5,9-11H2,1H3,(H,23,28)(H,24,27)(H,25,26). The predicted octanol–water partition coefficient (Wildman–Crippen LogP) is 3.33. The predicted molar refractivity (Wildman–Crippen MR) is 111 cm³/mol. The number of nitrogens with one attached hydrogen (secondary N) is 3. The summed E-state index contributed by atoms with van der Waals surface area (Å²) in [7, 11) is 0. The third-order valence-corrected chi connectivity index (χ3v) is 5.17. The number of hydrogen-bond acceptors (Lipinski definition) is 3. The van der Waals surface area contributed by atoms with E-state index in [2.05, 4.69) is 31.9 Å². The summed E-state index contributed by atoms with van der Waals surface area (Å²) in [5.74, 6) is -0.300. The van der Waals surface area contributed by atoms with Gasteiger partial charge >= 0.3 is 0 Å². The smallest absolute Gasteiger partial charge is 0.251 e. The highest BCUT2D eigenvalue weighted by molar-refractivity contribution is 9.10. The second-order valence-electron chi connectivity index (χ2n) is 6.77. The average molecular weight is 444 g/mol. The maximum absolute atomic E-state index is 12.2. The maximum atomic E-state index is 12.2. The summed E-state index contributed by atoms with van der Waals surface area (Å²) in [6, 6.07) is 12.7. The molecule has 1 aliphatic rings. The molecule has 0 bridgehead atoms. The van der Waals surface area contributed by atoms with Crippen LogP contribution in [0.4, 0.5) is 5.69 Å². The number of carbonyl (C=O) groups excluding carboxylic acids is 3. The Balaban J connectivity index is 1.47. The lowest BCUT2D eigenvalue weighted by atomic mass is 9.98. The van der Waals surface area contributed by atoms with Gasteiger partial charge in [-0.2, -0.15) is 0 Å². The summed E-state index contributed by atoms with van der Waals surface area (Å²) >= 11 is 3.33. The quantitative estimate of drug-likeness (QED) is 0.639. The molecule has 7 heteroatoms. The number of fused-ring (bicyclic) bond motifs is 1.